The van der Waals surface area contributed by atoms with Crippen LogP contribution >= 0.6 is 12.4 Å². The number of alkyl halides is 2. The number of nitrogens with one attached hydrogen (secondary N) is 2. The van der Waals surface area contributed by atoms with Crippen LogP contribution < -0.4 is 15.4 Å². The van der Waals surface area contributed by atoms with Gasteiger partial charge in [-0.05, 0) is 43.7 Å². The number of benzene rings is 1. The monoisotopic (exact) mass is 360 g/mol. The van der Waals surface area contributed by atoms with Crippen LogP contribution in [0.15, 0.2) is 18.2 Å². The summed E-state index contributed by atoms with van der Waals surface area (Å²) in [4.78, 5) is 12.4. The normalized spacial score (nSPS) is 25.8. The van der Waals surface area contributed by atoms with Crippen LogP contribution in [0.5, 0.6) is 5.75 Å². The molecule has 0 radical (unpaired) electrons. The molecule has 1 aliphatic carbocycles. The number of ether oxygens (including phenoxy) is 1. The van der Waals surface area contributed by atoms with Crippen LogP contribution in [0.2, 0.25) is 0 Å². The van der Waals surface area contributed by atoms with Gasteiger partial charge in [0, 0.05) is 17.8 Å². The zero-order valence-electron chi connectivity index (χ0n) is 13.6. The molecule has 7 heteroatoms. The van der Waals surface area contributed by atoms with E-state index in [-0.39, 0.29) is 30.1 Å². The van der Waals surface area contributed by atoms with Crippen molar-refractivity contribution >= 4 is 24.0 Å². The maximum Gasteiger partial charge on any atom is 0.387 e. The minimum atomic E-state index is -2.88. The quantitative estimate of drug-likeness (QED) is 0.856. The Bertz CT molecular complexity index is 572. The van der Waals surface area contributed by atoms with Gasteiger partial charge in [0.05, 0.1) is 6.04 Å². The number of carbonyl (C=O) groups is 1. The second-order valence-corrected chi connectivity index (χ2v) is 6.45. The summed E-state index contributed by atoms with van der Waals surface area (Å²) in [7, 11) is 0. The molecule has 1 amide bonds. The Morgan fingerprint density at radius 1 is 1.33 bits per heavy atom. The average molecular weight is 361 g/mol. The fraction of sp³-hybridized carbons (Fsp3) is 0.588. The first-order valence-electron chi connectivity index (χ1n) is 8.15. The first-order valence-corrected chi connectivity index (χ1v) is 8.15. The van der Waals surface area contributed by atoms with E-state index < -0.39 is 6.61 Å². The second-order valence-electron chi connectivity index (χ2n) is 6.45. The number of fused-ring (bicyclic) bond motifs is 1. The topological polar surface area (TPSA) is 50.4 Å². The molecular formula is C17H23ClF2N2O2. The van der Waals surface area contributed by atoms with Crippen molar-refractivity contribution in [3.8, 4) is 5.75 Å². The molecule has 3 rings (SSSR count). The summed E-state index contributed by atoms with van der Waals surface area (Å²) < 4.78 is 29.3. The fourth-order valence-electron chi connectivity index (χ4n) is 3.65. The highest BCUT2D eigenvalue weighted by Gasteiger charge is 2.38. The van der Waals surface area contributed by atoms with E-state index >= 15 is 0 Å². The van der Waals surface area contributed by atoms with E-state index in [0.29, 0.717) is 23.2 Å². The predicted octanol–water partition coefficient (Wildman–Crippen LogP) is 3.88. The predicted molar refractivity (Wildman–Crippen MR) is 91.0 cm³/mol. The van der Waals surface area contributed by atoms with Gasteiger partial charge in [-0.3, -0.25) is 4.79 Å². The number of carbonyl (C=O) groups excluding carboxylic acids is 1. The van der Waals surface area contributed by atoms with Crippen molar-refractivity contribution in [3.63, 3.8) is 0 Å². The number of amides is 1. The molecule has 0 aromatic heterocycles. The lowest BCUT2D eigenvalue weighted by molar-refractivity contribution is -0.117. The second kappa shape index (κ2) is 8.12. The van der Waals surface area contributed by atoms with Crippen molar-refractivity contribution in [2.75, 3.05) is 5.32 Å². The molecule has 2 fully saturated rings. The molecule has 0 bridgehead atoms. The molecule has 1 heterocycles. The van der Waals surface area contributed by atoms with Crippen molar-refractivity contribution in [2.45, 2.75) is 57.7 Å². The Balaban J connectivity index is 0.00000208. The number of anilines is 1. The van der Waals surface area contributed by atoms with Crippen LogP contribution in [0.25, 0.3) is 0 Å². The Morgan fingerprint density at radius 3 is 2.79 bits per heavy atom. The van der Waals surface area contributed by atoms with E-state index in [2.05, 4.69) is 15.4 Å². The highest BCUT2D eigenvalue weighted by molar-refractivity contribution is 5.95. The number of aryl methyl sites for hydroxylation is 1. The molecule has 2 aliphatic rings. The molecule has 1 aliphatic heterocycles. The van der Waals surface area contributed by atoms with Gasteiger partial charge in [-0.2, -0.15) is 8.78 Å². The highest BCUT2D eigenvalue weighted by atomic mass is 35.5. The SMILES string of the molecule is Cc1ccc(NC(=O)C2CC3CCCCC3N2)cc1OC(F)F.Cl. The standard InChI is InChI=1S/C17H22F2N2O2.ClH/c1-10-6-7-12(9-15(10)23-17(18)19)20-16(22)14-8-11-4-2-3-5-13(11)21-14;/h6-7,9,11,13-14,17,21H,2-5,8H2,1H3,(H,20,22);1H. The molecule has 1 saturated carbocycles. The van der Waals surface area contributed by atoms with Crippen molar-refractivity contribution in [3.05, 3.63) is 23.8 Å². The molecule has 134 valence electrons. The molecule has 2 N–H and O–H groups in total. The third kappa shape index (κ3) is 4.36. The minimum Gasteiger partial charge on any atom is -0.434 e. The van der Waals surface area contributed by atoms with Gasteiger partial charge < -0.3 is 15.4 Å². The summed E-state index contributed by atoms with van der Waals surface area (Å²) in [5, 5.41) is 6.22. The number of hydrogen-bond acceptors (Lipinski definition) is 3. The molecule has 1 aromatic carbocycles. The smallest absolute Gasteiger partial charge is 0.387 e. The van der Waals surface area contributed by atoms with Gasteiger partial charge in [0.15, 0.2) is 0 Å². The summed E-state index contributed by atoms with van der Waals surface area (Å²) in [5.41, 5.74) is 1.08. The lowest BCUT2D eigenvalue weighted by atomic mass is 9.85. The molecule has 3 unspecified atom stereocenters. The van der Waals surface area contributed by atoms with Crippen molar-refractivity contribution in [2.24, 2.45) is 5.92 Å². The lowest BCUT2D eigenvalue weighted by Crippen LogP contribution is -2.39. The third-order valence-corrected chi connectivity index (χ3v) is 4.85. The molecular weight excluding hydrogens is 338 g/mol. The first-order chi connectivity index (χ1) is 11.0. The molecule has 1 aromatic rings. The third-order valence-electron chi connectivity index (χ3n) is 4.85. The molecule has 3 atom stereocenters. The Morgan fingerprint density at radius 2 is 2.08 bits per heavy atom. The largest absolute Gasteiger partial charge is 0.434 e. The van der Waals surface area contributed by atoms with Gasteiger partial charge in [-0.1, -0.05) is 18.9 Å². The van der Waals surface area contributed by atoms with E-state index in [4.69, 9.17) is 0 Å². The van der Waals surface area contributed by atoms with Gasteiger partial charge in [0.1, 0.15) is 5.75 Å². The van der Waals surface area contributed by atoms with Crippen molar-refractivity contribution in [1.82, 2.24) is 5.32 Å². The van der Waals surface area contributed by atoms with Crippen LogP contribution in [0.3, 0.4) is 0 Å². The maximum atomic E-state index is 12.4. The Hall–Kier alpha value is -1.40. The highest BCUT2D eigenvalue weighted by Crippen LogP contribution is 2.33. The van der Waals surface area contributed by atoms with Gasteiger partial charge in [-0.15, -0.1) is 12.4 Å². The van der Waals surface area contributed by atoms with Crippen molar-refractivity contribution in [1.29, 1.82) is 0 Å². The minimum absolute atomic E-state index is 0. The zero-order chi connectivity index (χ0) is 16.4. The Kier molecular flexibility index (Phi) is 6.40. The van der Waals surface area contributed by atoms with Crippen LogP contribution in [0, 0.1) is 12.8 Å². The van der Waals surface area contributed by atoms with E-state index in [9.17, 15) is 13.6 Å². The van der Waals surface area contributed by atoms with Crippen molar-refractivity contribution < 1.29 is 18.3 Å². The number of rotatable bonds is 4. The van der Waals surface area contributed by atoms with Gasteiger partial charge >= 0.3 is 6.61 Å². The Labute approximate surface area is 146 Å². The van der Waals surface area contributed by atoms with Crippen LogP contribution in [0.1, 0.15) is 37.7 Å². The first kappa shape index (κ1) is 18.9. The zero-order valence-corrected chi connectivity index (χ0v) is 14.4. The van der Waals surface area contributed by atoms with Crippen LogP contribution in [0.4, 0.5) is 14.5 Å². The van der Waals surface area contributed by atoms with E-state index in [0.717, 1.165) is 12.8 Å². The van der Waals surface area contributed by atoms with Crippen LogP contribution in [-0.4, -0.2) is 24.6 Å². The van der Waals surface area contributed by atoms with E-state index in [1.807, 2.05) is 0 Å². The molecule has 24 heavy (non-hydrogen) atoms. The number of halogens is 3. The van der Waals surface area contributed by atoms with E-state index in [1.165, 1.54) is 25.3 Å². The summed E-state index contributed by atoms with van der Waals surface area (Å²) in [6, 6.07) is 5.04. The number of hydrogen-bond donors (Lipinski definition) is 2. The van der Waals surface area contributed by atoms with Gasteiger partial charge in [0.2, 0.25) is 5.91 Å². The maximum absolute atomic E-state index is 12.4. The summed E-state index contributed by atoms with van der Waals surface area (Å²) in [6.07, 6.45) is 5.62. The van der Waals surface area contributed by atoms with Gasteiger partial charge in [0.25, 0.3) is 0 Å². The van der Waals surface area contributed by atoms with Crippen LogP contribution in [-0.2, 0) is 4.79 Å². The summed E-state index contributed by atoms with van der Waals surface area (Å²) in [6.45, 7) is -1.19. The molecule has 4 nitrogen and oxygen atoms in total. The fourth-order valence-corrected chi connectivity index (χ4v) is 3.65. The van der Waals surface area contributed by atoms with E-state index in [1.54, 1.807) is 19.1 Å². The average Bonchev–Trinajstić information content (AvgIpc) is 2.94. The summed E-state index contributed by atoms with van der Waals surface area (Å²) in [5.74, 6) is 0.562. The lowest BCUT2D eigenvalue weighted by Gasteiger charge is -2.24. The van der Waals surface area contributed by atoms with Gasteiger partial charge in [-0.25, -0.2) is 0 Å². The molecule has 0 spiro atoms. The molecule has 1 saturated heterocycles. The summed E-state index contributed by atoms with van der Waals surface area (Å²) >= 11 is 0.